The molecule has 3 amide bonds. The highest BCUT2D eigenvalue weighted by atomic mass is 16.2. The summed E-state index contributed by atoms with van der Waals surface area (Å²) in [7, 11) is 0. The molecule has 0 bridgehead atoms. The summed E-state index contributed by atoms with van der Waals surface area (Å²) in [6.45, 7) is 4.78. The summed E-state index contributed by atoms with van der Waals surface area (Å²) in [5, 5.41) is 12.0. The summed E-state index contributed by atoms with van der Waals surface area (Å²) in [4.78, 5) is 28.5. The van der Waals surface area contributed by atoms with E-state index in [4.69, 9.17) is 0 Å². The molecule has 0 spiro atoms. The van der Waals surface area contributed by atoms with Crippen LogP contribution < -0.4 is 10.6 Å². The molecule has 3 rings (SSSR count). The third-order valence-electron chi connectivity index (χ3n) is 4.77. The minimum atomic E-state index is -0.214. The Balaban J connectivity index is 1.36. The molecule has 8 heteroatoms. The molecule has 1 unspecified atom stereocenters. The van der Waals surface area contributed by atoms with Crippen LogP contribution in [0.15, 0.2) is 12.3 Å². The maximum Gasteiger partial charge on any atom is 0.317 e. The van der Waals surface area contributed by atoms with Crippen molar-refractivity contribution in [3.63, 3.8) is 0 Å². The van der Waals surface area contributed by atoms with Crippen molar-refractivity contribution < 1.29 is 9.59 Å². The zero-order valence-corrected chi connectivity index (χ0v) is 14.0. The van der Waals surface area contributed by atoms with Crippen LogP contribution in [0.2, 0.25) is 0 Å². The van der Waals surface area contributed by atoms with Gasteiger partial charge in [-0.25, -0.2) is 4.79 Å². The maximum absolute atomic E-state index is 12.3. The fraction of sp³-hybridized carbons (Fsp3) is 0.688. The van der Waals surface area contributed by atoms with Crippen molar-refractivity contribution >= 4 is 11.9 Å². The summed E-state index contributed by atoms with van der Waals surface area (Å²) in [6, 6.07) is 2.09. The maximum atomic E-state index is 12.3. The van der Waals surface area contributed by atoms with Crippen LogP contribution in [0.1, 0.15) is 36.2 Å². The number of nitrogens with zero attached hydrogens (tertiary/aromatic N) is 3. The van der Waals surface area contributed by atoms with Crippen molar-refractivity contribution in [3.8, 4) is 0 Å². The van der Waals surface area contributed by atoms with Gasteiger partial charge in [-0.3, -0.25) is 14.8 Å². The zero-order valence-electron chi connectivity index (χ0n) is 14.0. The van der Waals surface area contributed by atoms with E-state index in [0.29, 0.717) is 24.8 Å². The van der Waals surface area contributed by atoms with Crippen LogP contribution in [-0.4, -0.2) is 77.2 Å². The van der Waals surface area contributed by atoms with Gasteiger partial charge in [0.1, 0.15) is 5.69 Å². The molecule has 0 aromatic carbocycles. The van der Waals surface area contributed by atoms with Crippen LogP contribution in [0.5, 0.6) is 0 Å². The van der Waals surface area contributed by atoms with E-state index in [0.717, 1.165) is 19.5 Å². The monoisotopic (exact) mass is 334 g/mol. The number of rotatable bonds is 5. The van der Waals surface area contributed by atoms with Crippen LogP contribution >= 0.6 is 0 Å². The van der Waals surface area contributed by atoms with Crippen molar-refractivity contribution in [2.75, 3.05) is 39.3 Å². The lowest BCUT2D eigenvalue weighted by Crippen LogP contribution is -2.52. The molecule has 1 atom stereocenters. The van der Waals surface area contributed by atoms with Gasteiger partial charge in [-0.1, -0.05) is 0 Å². The van der Waals surface area contributed by atoms with Crippen molar-refractivity contribution in [3.05, 3.63) is 18.0 Å². The van der Waals surface area contributed by atoms with E-state index in [-0.39, 0.29) is 11.9 Å². The molecule has 24 heavy (non-hydrogen) atoms. The summed E-state index contributed by atoms with van der Waals surface area (Å²) in [5.74, 6) is -0.214. The number of urea groups is 1. The zero-order chi connectivity index (χ0) is 16.8. The molecular formula is C16H26N6O2. The van der Waals surface area contributed by atoms with Gasteiger partial charge in [0.15, 0.2) is 0 Å². The van der Waals surface area contributed by atoms with Crippen LogP contribution in [0.4, 0.5) is 4.79 Å². The average Bonchev–Trinajstić information content (AvgIpc) is 3.32. The van der Waals surface area contributed by atoms with Gasteiger partial charge in [-0.15, -0.1) is 0 Å². The second-order valence-electron chi connectivity index (χ2n) is 6.44. The first-order valence-electron chi connectivity index (χ1n) is 8.78. The molecule has 0 radical (unpaired) electrons. The number of likely N-dealkylation sites (tertiary alicyclic amines) is 2. The van der Waals surface area contributed by atoms with Gasteiger partial charge in [-0.05, 0) is 44.8 Å². The number of nitrogens with one attached hydrogen (secondary N) is 3. The Bertz CT molecular complexity index is 541. The van der Waals surface area contributed by atoms with Crippen LogP contribution in [-0.2, 0) is 0 Å². The van der Waals surface area contributed by atoms with Crippen molar-refractivity contribution in [2.24, 2.45) is 0 Å². The number of hydrogen-bond donors (Lipinski definition) is 3. The van der Waals surface area contributed by atoms with Crippen molar-refractivity contribution in [1.82, 2.24) is 30.6 Å². The van der Waals surface area contributed by atoms with E-state index in [1.54, 1.807) is 6.07 Å². The third-order valence-corrected chi connectivity index (χ3v) is 4.77. The molecule has 0 saturated carbocycles. The molecule has 2 saturated heterocycles. The van der Waals surface area contributed by atoms with E-state index < -0.39 is 0 Å². The Hall–Kier alpha value is -2.09. The highest BCUT2D eigenvalue weighted by Crippen LogP contribution is 2.20. The first-order valence-corrected chi connectivity index (χ1v) is 8.78. The lowest BCUT2D eigenvalue weighted by atomic mass is 10.0. The summed E-state index contributed by atoms with van der Waals surface area (Å²) >= 11 is 0. The van der Waals surface area contributed by atoms with Gasteiger partial charge >= 0.3 is 6.03 Å². The topological polar surface area (TPSA) is 93.4 Å². The van der Waals surface area contributed by atoms with Crippen LogP contribution in [0, 0.1) is 0 Å². The van der Waals surface area contributed by atoms with E-state index in [2.05, 4.69) is 25.7 Å². The smallest absolute Gasteiger partial charge is 0.317 e. The molecule has 2 aliphatic rings. The predicted molar refractivity (Wildman–Crippen MR) is 89.7 cm³/mol. The lowest BCUT2D eigenvalue weighted by molar-refractivity contribution is 0.0947. The first-order chi connectivity index (χ1) is 11.7. The average molecular weight is 334 g/mol. The van der Waals surface area contributed by atoms with E-state index in [9.17, 15) is 9.59 Å². The van der Waals surface area contributed by atoms with Gasteiger partial charge < -0.3 is 15.5 Å². The number of H-pyrrole nitrogens is 1. The Kier molecular flexibility index (Phi) is 5.68. The molecule has 0 aliphatic carbocycles. The molecule has 8 nitrogen and oxygen atoms in total. The Morgan fingerprint density at radius 2 is 1.96 bits per heavy atom. The standard InChI is InChI=1S/C16H26N6O2/c23-15(14-5-6-19-20-14)17-7-8-18-16(24)22-11-3-4-13(12-22)21-9-1-2-10-21/h5-6,13H,1-4,7-12H2,(H,17,23)(H,18,24)(H,19,20). The number of aromatic nitrogens is 2. The summed E-state index contributed by atoms with van der Waals surface area (Å²) in [5.41, 5.74) is 0.422. The molecule has 3 heterocycles. The van der Waals surface area contributed by atoms with E-state index in [1.807, 2.05) is 4.90 Å². The van der Waals surface area contributed by atoms with Crippen molar-refractivity contribution in [2.45, 2.75) is 31.7 Å². The number of hydrogen-bond acceptors (Lipinski definition) is 4. The molecule has 1 aromatic heterocycles. The Labute approximate surface area is 142 Å². The van der Waals surface area contributed by atoms with Crippen molar-refractivity contribution in [1.29, 1.82) is 0 Å². The normalized spacial score (nSPS) is 21.7. The van der Waals surface area contributed by atoms with E-state index in [1.165, 1.54) is 38.5 Å². The van der Waals surface area contributed by atoms with E-state index >= 15 is 0 Å². The van der Waals surface area contributed by atoms with Gasteiger partial charge in [0.05, 0.1) is 0 Å². The SMILES string of the molecule is O=C(NCCNC(=O)N1CCCC(N2CCCC2)C1)c1ccn[nH]1. The lowest BCUT2D eigenvalue weighted by Gasteiger charge is -2.37. The van der Waals surface area contributed by atoms with Gasteiger partial charge in [0.25, 0.3) is 5.91 Å². The number of carbonyl (C=O) groups excluding carboxylic acids is 2. The predicted octanol–water partition coefficient (Wildman–Crippen LogP) is 0.409. The molecule has 2 fully saturated rings. The highest BCUT2D eigenvalue weighted by molar-refractivity contribution is 5.92. The molecular weight excluding hydrogens is 308 g/mol. The summed E-state index contributed by atoms with van der Waals surface area (Å²) in [6.07, 6.45) is 6.33. The number of carbonyl (C=O) groups is 2. The third kappa shape index (κ3) is 4.25. The van der Waals surface area contributed by atoms with Gasteiger partial charge in [0, 0.05) is 38.4 Å². The Morgan fingerprint density at radius 1 is 1.17 bits per heavy atom. The number of piperidine rings is 1. The molecule has 2 aliphatic heterocycles. The second kappa shape index (κ2) is 8.14. The fourth-order valence-corrected chi connectivity index (χ4v) is 3.48. The van der Waals surface area contributed by atoms with Gasteiger partial charge in [-0.2, -0.15) is 5.10 Å². The molecule has 132 valence electrons. The Morgan fingerprint density at radius 3 is 2.71 bits per heavy atom. The largest absolute Gasteiger partial charge is 0.349 e. The second-order valence-corrected chi connectivity index (χ2v) is 6.44. The number of amides is 3. The fourth-order valence-electron chi connectivity index (χ4n) is 3.48. The number of aromatic amines is 1. The minimum absolute atomic E-state index is 0.0327. The minimum Gasteiger partial charge on any atom is -0.349 e. The highest BCUT2D eigenvalue weighted by Gasteiger charge is 2.29. The molecule has 1 aromatic rings. The van der Waals surface area contributed by atoms with Gasteiger partial charge in [0.2, 0.25) is 0 Å². The quantitative estimate of drug-likeness (QED) is 0.680. The van der Waals surface area contributed by atoms with Crippen LogP contribution in [0.25, 0.3) is 0 Å². The first kappa shape index (κ1) is 16.8. The molecule has 3 N–H and O–H groups in total. The van der Waals surface area contributed by atoms with Crippen LogP contribution in [0.3, 0.4) is 0 Å². The summed E-state index contributed by atoms with van der Waals surface area (Å²) < 4.78 is 0.